The average molecular weight is 229 g/mol. The van der Waals surface area contributed by atoms with Gasteiger partial charge in [-0.3, -0.25) is 4.57 Å². The molecule has 70 valence electrons. The van der Waals surface area contributed by atoms with Crippen molar-refractivity contribution in [2.45, 2.75) is 11.3 Å². The van der Waals surface area contributed by atoms with Crippen molar-refractivity contribution < 1.29 is 9.09 Å². The van der Waals surface area contributed by atoms with Crippen molar-refractivity contribution in [2.75, 3.05) is 19.4 Å². The van der Waals surface area contributed by atoms with Crippen LogP contribution in [-0.4, -0.2) is 23.8 Å². The molecule has 2 nitrogen and oxygen atoms in total. The monoisotopic (exact) mass is 228 g/mol. The Hall–Kier alpha value is 0.770. The number of alkyl halides is 2. The largest absolute Gasteiger partial charge is 0.332 e. The molecule has 0 unspecified atom stereocenters. The molecule has 2 aliphatic rings. The number of rotatable bonds is 1. The van der Waals surface area contributed by atoms with Crippen molar-refractivity contribution in [1.29, 1.82) is 0 Å². The zero-order chi connectivity index (χ0) is 9.20. The van der Waals surface area contributed by atoms with Gasteiger partial charge in [-0.1, -0.05) is 6.92 Å². The molecule has 0 radical (unpaired) electrons. The number of fused-ring (bicyclic) bond motifs is 1. The van der Waals surface area contributed by atoms with Gasteiger partial charge in [-0.05, 0) is 0 Å². The van der Waals surface area contributed by atoms with Gasteiger partial charge in [-0.25, -0.2) is 0 Å². The fourth-order valence-electron chi connectivity index (χ4n) is 2.19. The minimum atomic E-state index is -2.37. The van der Waals surface area contributed by atoms with Crippen molar-refractivity contribution in [1.82, 2.24) is 0 Å². The van der Waals surface area contributed by atoms with Gasteiger partial charge in [0.25, 0.3) is 0 Å². The maximum atomic E-state index is 11.8. The van der Waals surface area contributed by atoms with Crippen LogP contribution in [0.4, 0.5) is 0 Å². The molecule has 1 saturated heterocycles. The lowest BCUT2D eigenvalue weighted by Crippen LogP contribution is -2.11. The Bertz CT molecular complexity index is 279. The van der Waals surface area contributed by atoms with Gasteiger partial charge in [0.05, 0.1) is 0 Å². The summed E-state index contributed by atoms with van der Waals surface area (Å²) in [5, 5.41) is 0. The molecule has 2 fully saturated rings. The van der Waals surface area contributed by atoms with Crippen molar-refractivity contribution in [3.63, 3.8) is 0 Å². The van der Waals surface area contributed by atoms with E-state index in [1.54, 1.807) is 0 Å². The summed E-state index contributed by atoms with van der Waals surface area (Å²) < 4.78 is 16.1. The van der Waals surface area contributed by atoms with E-state index >= 15 is 0 Å². The summed E-state index contributed by atoms with van der Waals surface area (Å²) in [4.78, 5) is 0. The smallest absolute Gasteiger partial charge is 0.203 e. The first-order valence-electron chi connectivity index (χ1n) is 3.87. The normalized spacial score (nSPS) is 55.2. The fraction of sp³-hybridized carbons (Fsp3) is 1.00. The molecule has 0 aromatic carbocycles. The predicted molar refractivity (Wildman–Crippen MR) is 50.4 cm³/mol. The van der Waals surface area contributed by atoms with Gasteiger partial charge in [0, 0.05) is 30.8 Å². The summed E-state index contributed by atoms with van der Waals surface area (Å²) >= 11 is 12.0. The Labute approximate surface area is 82.0 Å². The van der Waals surface area contributed by atoms with Gasteiger partial charge in [-0.15, -0.1) is 23.2 Å². The van der Waals surface area contributed by atoms with Gasteiger partial charge >= 0.3 is 0 Å². The third kappa shape index (κ3) is 0.901. The van der Waals surface area contributed by atoms with E-state index < -0.39 is 11.7 Å². The summed E-state index contributed by atoms with van der Waals surface area (Å²) in [6.45, 7) is 1.98. The zero-order valence-electron chi connectivity index (χ0n) is 7.01. The third-order valence-corrected chi connectivity index (χ3v) is 7.36. The Morgan fingerprint density at radius 1 is 1.58 bits per heavy atom. The lowest BCUT2D eigenvalue weighted by atomic mass is 10.1. The van der Waals surface area contributed by atoms with E-state index in [4.69, 9.17) is 27.7 Å². The van der Waals surface area contributed by atoms with E-state index in [1.165, 1.54) is 7.11 Å². The molecule has 1 saturated carbocycles. The minimum Gasteiger partial charge on any atom is -0.332 e. The number of hydrogen-bond donors (Lipinski definition) is 0. The molecule has 3 atom stereocenters. The first kappa shape index (κ1) is 9.33. The molecule has 0 N–H and O–H groups in total. The molecule has 0 amide bonds. The molecule has 1 heterocycles. The van der Waals surface area contributed by atoms with Crippen molar-refractivity contribution in [3.05, 3.63) is 0 Å². The summed E-state index contributed by atoms with van der Waals surface area (Å²) in [6.07, 6.45) is 1.08. The van der Waals surface area contributed by atoms with E-state index in [1.807, 2.05) is 6.92 Å². The predicted octanol–water partition coefficient (Wildman–Crippen LogP) is 2.73. The first-order valence-corrected chi connectivity index (χ1v) is 6.62. The van der Waals surface area contributed by atoms with E-state index in [0.717, 1.165) is 0 Å². The first-order chi connectivity index (χ1) is 5.36. The average Bonchev–Trinajstić information content (AvgIpc) is 2.27. The highest BCUT2D eigenvalue weighted by molar-refractivity contribution is 7.59. The summed E-state index contributed by atoms with van der Waals surface area (Å²) in [6, 6.07) is 0. The van der Waals surface area contributed by atoms with Gasteiger partial charge in [-0.2, -0.15) is 0 Å². The summed E-state index contributed by atoms with van der Waals surface area (Å²) in [7, 11) is -0.872. The van der Waals surface area contributed by atoms with Gasteiger partial charge in [0.2, 0.25) is 7.37 Å². The Balaban J connectivity index is 2.22. The lowest BCUT2D eigenvalue weighted by molar-refractivity contribution is 0.392. The van der Waals surface area contributed by atoms with E-state index in [9.17, 15) is 4.57 Å². The Kier molecular flexibility index (Phi) is 1.73. The van der Waals surface area contributed by atoms with Gasteiger partial charge in [0.15, 0.2) is 0 Å². The van der Waals surface area contributed by atoms with Crippen LogP contribution in [0.25, 0.3) is 0 Å². The molecule has 5 heteroatoms. The third-order valence-electron chi connectivity index (χ3n) is 3.25. The second kappa shape index (κ2) is 2.23. The molecule has 0 spiro atoms. The molecule has 0 bridgehead atoms. The number of halogens is 2. The summed E-state index contributed by atoms with van der Waals surface area (Å²) in [5.41, 5.74) is -0.165. The molecular weight excluding hydrogens is 218 g/mol. The topological polar surface area (TPSA) is 26.3 Å². The van der Waals surface area contributed by atoms with Gasteiger partial charge < -0.3 is 4.52 Å². The van der Waals surface area contributed by atoms with Crippen LogP contribution in [0, 0.1) is 11.3 Å². The Morgan fingerprint density at radius 2 is 2.17 bits per heavy atom. The summed E-state index contributed by atoms with van der Waals surface area (Å²) in [5.74, 6) is 0.166. The highest BCUT2D eigenvalue weighted by Crippen LogP contribution is 2.81. The lowest BCUT2D eigenvalue weighted by Gasteiger charge is -2.17. The zero-order valence-corrected chi connectivity index (χ0v) is 9.42. The molecule has 12 heavy (non-hydrogen) atoms. The van der Waals surface area contributed by atoms with Crippen LogP contribution in [0.1, 0.15) is 6.92 Å². The van der Waals surface area contributed by atoms with E-state index in [0.29, 0.717) is 12.3 Å². The van der Waals surface area contributed by atoms with Crippen LogP contribution in [-0.2, 0) is 9.09 Å². The standard InChI is InChI=1S/C7H11Cl2O2P/c1-6-4-12(10,11-2)3-5(6)7(6,8)9/h5H,3-4H2,1-2H3/t5-,6+,12-/m0/s1. The van der Waals surface area contributed by atoms with Gasteiger partial charge in [0.1, 0.15) is 4.33 Å². The van der Waals surface area contributed by atoms with Crippen molar-refractivity contribution in [2.24, 2.45) is 11.3 Å². The maximum Gasteiger partial charge on any atom is 0.203 e. The van der Waals surface area contributed by atoms with Crippen LogP contribution in [0.2, 0.25) is 0 Å². The Morgan fingerprint density at radius 3 is 2.50 bits per heavy atom. The minimum absolute atomic E-state index is 0.165. The highest BCUT2D eigenvalue weighted by atomic mass is 35.5. The molecule has 1 aliphatic heterocycles. The molecule has 1 aliphatic carbocycles. The van der Waals surface area contributed by atoms with Crippen molar-refractivity contribution in [3.8, 4) is 0 Å². The highest BCUT2D eigenvalue weighted by Gasteiger charge is 2.79. The van der Waals surface area contributed by atoms with E-state index in [2.05, 4.69) is 0 Å². The molecule has 0 aromatic rings. The van der Waals surface area contributed by atoms with Crippen LogP contribution >= 0.6 is 30.6 Å². The van der Waals surface area contributed by atoms with E-state index in [-0.39, 0.29) is 11.3 Å². The second-order valence-electron chi connectivity index (χ2n) is 3.93. The quantitative estimate of drug-likeness (QED) is 0.510. The van der Waals surface area contributed by atoms with Crippen molar-refractivity contribution >= 4 is 30.6 Å². The fourth-order valence-corrected chi connectivity index (χ4v) is 6.62. The molecule has 2 rings (SSSR count). The van der Waals surface area contributed by atoms with Crippen LogP contribution in [0.15, 0.2) is 0 Å². The molecular formula is C7H11Cl2O2P. The maximum absolute atomic E-state index is 11.8. The second-order valence-corrected chi connectivity index (χ2v) is 7.99. The number of hydrogen-bond acceptors (Lipinski definition) is 2. The van der Waals surface area contributed by atoms with Crippen LogP contribution in [0.5, 0.6) is 0 Å². The van der Waals surface area contributed by atoms with Crippen LogP contribution < -0.4 is 0 Å². The van der Waals surface area contributed by atoms with Crippen LogP contribution in [0.3, 0.4) is 0 Å². The molecule has 0 aromatic heterocycles. The SMILES string of the molecule is CO[P@@]1(=O)C[C@@H]2C(Cl)(Cl)[C@]2(C)C1.